The largest absolute Gasteiger partial charge is 0.307 e. The number of anilines is 2. The predicted molar refractivity (Wildman–Crippen MR) is 91.8 cm³/mol. The van der Waals surface area contributed by atoms with Crippen molar-refractivity contribution in [2.75, 3.05) is 19.4 Å². The number of hydrogen-bond acceptors (Lipinski definition) is 6. The monoisotopic (exact) mass is 318 g/mol. The maximum atomic E-state index is 4.62. The van der Waals surface area contributed by atoms with Gasteiger partial charge in [-0.05, 0) is 38.2 Å². The van der Waals surface area contributed by atoms with Crippen LogP contribution in [0.25, 0.3) is 10.2 Å². The van der Waals surface area contributed by atoms with Gasteiger partial charge in [-0.25, -0.2) is 9.97 Å². The van der Waals surface area contributed by atoms with E-state index >= 15 is 0 Å². The molecule has 0 bridgehead atoms. The van der Waals surface area contributed by atoms with Gasteiger partial charge in [0.1, 0.15) is 0 Å². The lowest BCUT2D eigenvalue weighted by Gasteiger charge is -2.05. The van der Waals surface area contributed by atoms with Crippen LogP contribution in [0.4, 0.5) is 10.3 Å². The van der Waals surface area contributed by atoms with Crippen LogP contribution in [0, 0.1) is 0 Å². The minimum absolute atomic E-state index is 0.859. The highest BCUT2D eigenvalue weighted by Crippen LogP contribution is 2.30. The van der Waals surface area contributed by atoms with Gasteiger partial charge in [-0.3, -0.25) is 0 Å². The first-order chi connectivity index (χ1) is 10.1. The first kappa shape index (κ1) is 14.4. The summed E-state index contributed by atoms with van der Waals surface area (Å²) in [6, 6.07) is 6.46. The van der Waals surface area contributed by atoms with Crippen molar-refractivity contribution in [1.29, 1.82) is 0 Å². The molecule has 0 atom stereocenters. The summed E-state index contributed by atoms with van der Waals surface area (Å²) in [5.74, 6) is 0. The van der Waals surface area contributed by atoms with Gasteiger partial charge in [0.05, 0.1) is 15.9 Å². The van der Waals surface area contributed by atoms with Gasteiger partial charge in [0, 0.05) is 11.9 Å². The third kappa shape index (κ3) is 3.40. The molecule has 0 radical (unpaired) electrons. The summed E-state index contributed by atoms with van der Waals surface area (Å²) in [5.41, 5.74) is 3.48. The molecule has 6 heteroatoms. The molecule has 3 rings (SSSR count). The molecule has 1 aromatic carbocycles. The lowest BCUT2D eigenvalue weighted by atomic mass is 10.2. The maximum absolute atomic E-state index is 4.62. The van der Waals surface area contributed by atoms with Gasteiger partial charge in [-0.15, -0.1) is 11.3 Å². The molecule has 0 saturated carbocycles. The number of aromatic nitrogens is 2. The Kier molecular flexibility index (Phi) is 4.19. The summed E-state index contributed by atoms with van der Waals surface area (Å²) in [4.78, 5) is 11.3. The fourth-order valence-electron chi connectivity index (χ4n) is 2.09. The van der Waals surface area contributed by atoms with Crippen LogP contribution in [0.2, 0.25) is 0 Å². The summed E-state index contributed by atoms with van der Waals surface area (Å²) < 4.78 is 1.22. The van der Waals surface area contributed by atoms with Gasteiger partial charge < -0.3 is 10.2 Å². The number of nitrogens with zero attached hydrogens (tertiary/aromatic N) is 3. The molecule has 0 fully saturated rings. The predicted octanol–water partition coefficient (Wildman–Crippen LogP) is 4.12. The highest BCUT2D eigenvalue weighted by Gasteiger charge is 2.08. The molecule has 0 aliphatic carbocycles. The number of aryl methyl sites for hydroxylation is 1. The Morgan fingerprint density at radius 3 is 2.81 bits per heavy atom. The van der Waals surface area contributed by atoms with E-state index in [0.29, 0.717) is 0 Å². The molecular formula is C15H18N4S2. The minimum Gasteiger partial charge on any atom is -0.307 e. The Labute approximate surface area is 132 Å². The first-order valence-corrected chi connectivity index (χ1v) is 8.59. The third-order valence-electron chi connectivity index (χ3n) is 3.10. The molecule has 2 aromatic heterocycles. The van der Waals surface area contributed by atoms with Crippen molar-refractivity contribution in [3.8, 4) is 0 Å². The second kappa shape index (κ2) is 6.09. The third-order valence-corrected chi connectivity index (χ3v) is 4.85. The number of rotatable bonds is 5. The van der Waals surface area contributed by atoms with E-state index in [1.807, 2.05) is 14.1 Å². The van der Waals surface area contributed by atoms with Crippen molar-refractivity contribution in [2.45, 2.75) is 19.9 Å². The maximum Gasteiger partial charge on any atom is 0.190 e. The van der Waals surface area contributed by atoms with Gasteiger partial charge in [0.15, 0.2) is 10.3 Å². The zero-order chi connectivity index (χ0) is 14.8. The van der Waals surface area contributed by atoms with Gasteiger partial charge in [-0.2, -0.15) is 0 Å². The van der Waals surface area contributed by atoms with Gasteiger partial charge in [0.2, 0.25) is 0 Å². The van der Waals surface area contributed by atoms with E-state index in [1.54, 1.807) is 22.7 Å². The van der Waals surface area contributed by atoms with Crippen LogP contribution in [0.1, 0.15) is 18.2 Å². The standard InChI is InChI=1S/C15H18N4S2/c1-4-10-5-6-12-13(7-10)21-15(17-12)18-14-16-11(9-20-14)8-19(2)3/h5-7,9H,4,8H2,1-3H3,(H,16,17,18). The second-order valence-corrected chi connectivity index (χ2v) is 7.07. The number of hydrogen-bond donors (Lipinski definition) is 1. The molecule has 0 aliphatic heterocycles. The van der Waals surface area contributed by atoms with Crippen molar-refractivity contribution in [2.24, 2.45) is 0 Å². The number of nitrogens with one attached hydrogen (secondary N) is 1. The average Bonchev–Trinajstić information content (AvgIpc) is 3.03. The summed E-state index contributed by atoms with van der Waals surface area (Å²) in [7, 11) is 4.09. The molecule has 0 aliphatic rings. The van der Waals surface area contributed by atoms with Crippen LogP contribution in [0.15, 0.2) is 23.6 Å². The molecule has 0 amide bonds. The lowest BCUT2D eigenvalue weighted by Crippen LogP contribution is -2.10. The van der Waals surface area contributed by atoms with Gasteiger partial charge in [-0.1, -0.05) is 24.3 Å². The highest BCUT2D eigenvalue weighted by molar-refractivity contribution is 7.22. The first-order valence-electron chi connectivity index (χ1n) is 6.89. The van der Waals surface area contributed by atoms with Crippen molar-refractivity contribution in [3.05, 3.63) is 34.8 Å². The van der Waals surface area contributed by atoms with E-state index in [4.69, 9.17) is 0 Å². The fourth-order valence-corrected chi connectivity index (χ4v) is 3.79. The highest BCUT2D eigenvalue weighted by atomic mass is 32.1. The molecule has 0 saturated heterocycles. The zero-order valence-corrected chi connectivity index (χ0v) is 14.0. The van der Waals surface area contributed by atoms with Gasteiger partial charge in [0.25, 0.3) is 0 Å². The molecule has 110 valence electrons. The topological polar surface area (TPSA) is 41.1 Å². The van der Waals surface area contributed by atoms with Crippen LogP contribution >= 0.6 is 22.7 Å². The second-order valence-electron chi connectivity index (χ2n) is 5.18. The molecule has 3 aromatic rings. The molecule has 2 heterocycles. The Bertz CT molecular complexity index is 745. The molecule has 1 N–H and O–H groups in total. The van der Waals surface area contributed by atoms with Crippen LogP contribution in [0.5, 0.6) is 0 Å². The molecule has 4 nitrogen and oxygen atoms in total. The Morgan fingerprint density at radius 1 is 1.19 bits per heavy atom. The van der Waals surface area contributed by atoms with Crippen molar-refractivity contribution in [3.63, 3.8) is 0 Å². The average molecular weight is 318 g/mol. The van der Waals surface area contributed by atoms with Crippen LogP contribution in [0.3, 0.4) is 0 Å². The van der Waals surface area contributed by atoms with E-state index < -0.39 is 0 Å². The number of thiazole rings is 2. The normalized spacial score (nSPS) is 11.4. The Hall–Kier alpha value is -1.50. The van der Waals surface area contributed by atoms with Crippen molar-refractivity contribution < 1.29 is 0 Å². The van der Waals surface area contributed by atoms with E-state index in [1.165, 1.54) is 10.3 Å². The molecule has 0 spiro atoms. The number of benzene rings is 1. The SMILES string of the molecule is CCc1ccc2nc(Nc3nc(CN(C)C)cs3)sc2c1. The van der Waals surface area contributed by atoms with E-state index in [-0.39, 0.29) is 0 Å². The van der Waals surface area contributed by atoms with Crippen LogP contribution in [-0.2, 0) is 13.0 Å². The van der Waals surface area contributed by atoms with E-state index in [0.717, 1.165) is 34.4 Å². The van der Waals surface area contributed by atoms with Crippen molar-refractivity contribution >= 4 is 43.2 Å². The van der Waals surface area contributed by atoms with Crippen molar-refractivity contribution in [1.82, 2.24) is 14.9 Å². The lowest BCUT2D eigenvalue weighted by molar-refractivity contribution is 0.398. The molecule has 21 heavy (non-hydrogen) atoms. The van der Waals surface area contributed by atoms with E-state index in [9.17, 15) is 0 Å². The molecule has 0 unspecified atom stereocenters. The quantitative estimate of drug-likeness (QED) is 0.768. The van der Waals surface area contributed by atoms with Crippen LogP contribution in [-0.4, -0.2) is 29.0 Å². The van der Waals surface area contributed by atoms with Gasteiger partial charge >= 0.3 is 0 Å². The Morgan fingerprint density at radius 2 is 2.05 bits per heavy atom. The summed E-state index contributed by atoms with van der Waals surface area (Å²) in [6.07, 6.45) is 1.05. The minimum atomic E-state index is 0.859. The zero-order valence-electron chi connectivity index (χ0n) is 12.4. The number of fused-ring (bicyclic) bond motifs is 1. The summed E-state index contributed by atoms with van der Waals surface area (Å²) in [6.45, 7) is 3.03. The van der Waals surface area contributed by atoms with Crippen LogP contribution < -0.4 is 5.32 Å². The summed E-state index contributed by atoms with van der Waals surface area (Å²) >= 11 is 3.30. The fraction of sp³-hybridized carbons (Fsp3) is 0.333. The summed E-state index contributed by atoms with van der Waals surface area (Å²) in [5, 5.41) is 7.22. The Balaban J connectivity index is 1.79. The molecular weight excluding hydrogens is 300 g/mol. The van der Waals surface area contributed by atoms with E-state index in [2.05, 4.69) is 50.7 Å². The smallest absolute Gasteiger partial charge is 0.190 e.